The number of rotatable bonds is 6. The molecule has 1 heterocycles. The number of thioether (sulfide) groups is 1. The van der Waals surface area contributed by atoms with E-state index < -0.39 is 0 Å². The molecule has 96 valence electrons. The maximum Gasteiger partial charge on any atom is 0.208 e. The average Bonchev–Trinajstić information content (AvgIpc) is 2.87. The Hall–Kier alpha value is -1.49. The minimum absolute atomic E-state index is 0.834. The van der Waals surface area contributed by atoms with Gasteiger partial charge in [-0.3, -0.25) is 5.10 Å². The second kappa shape index (κ2) is 6.44. The van der Waals surface area contributed by atoms with Gasteiger partial charge in [0.2, 0.25) is 5.16 Å². The zero-order valence-electron chi connectivity index (χ0n) is 10.6. The minimum atomic E-state index is 0.834. The highest BCUT2D eigenvalue weighted by Gasteiger charge is 2.02. The lowest BCUT2D eigenvalue weighted by Gasteiger charge is -2.02. The van der Waals surface area contributed by atoms with Gasteiger partial charge < -0.3 is 4.74 Å². The van der Waals surface area contributed by atoms with Gasteiger partial charge in [-0.25, -0.2) is 4.98 Å². The molecule has 0 amide bonds. The third kappa shape index (κ3) is 3.50. The predicted octanol–water partition coefficient (Wildman–Crippen LogP) is 2.71. The SMILES string of the molecule is CCc1nc(SCCc2ccc(OC)cc2)n[nH]1. The lowest BCUT2D eigenvalue weighted by Crippen LogP contribution is -1.90. The van der Waals surface area contributed by atoms with E-state index in [1.165, 1.54) is 5.56 Å². The van der Waals surface area contributed by atoms with E-state index in [0.717, 1.165) is 35.3 Å². The first kappa shape index (κ1) is 13.0. The normalized spacial score (nSPS) is 10.6. The van der Waals surface area contributed by atoms with Gasteiger partial charge in [-0.05, 0) is 24.1 Å². The van der Waals surface area contributed by atoms with Crippen molar-refractivity contribution < 1.29 is 4.74 Å². The molecule has 0 aliphatic carbocycles. The number of H-pyrrole nitrogens is 1. The van der Waals surface area contributed by atoms with Crippen molar-refractivity contribution in [2.45, 2.75) is 24.9 Å². The molecule has 0 aliphatic rings. The minimum Gasteiger partial charge on any atom is -0.497 e. The molecular weight excluding hydrogens is 246 g/mol. The van der Waals surface area contributed by atoms with Gasteiger partial charge in [0.15, 0.2) is 0 Å². The van der Waals surface area contributed by atoms with Crippen LogP contribution < -0.4 is 4.74 Å². The molecule has 0 saturated carbocycles. The van der Waals surface area contributed by atoms with Crippen molar-refractivity contribution in [3.8, 4) is 5.75 Å². The lowest BCUT2D eigenvalue weighted by molar-refractivity contribution is 0.414. The Bertz CT molecular complexity index is 481. The largest absolute Gasteiger partial charge is 0.497 e. The highest BCUT2D eigenvalue weighted by molar-refractivity contribution is 7.99. The number of nitrogens with zero attached hydrogens (tertiary/aromatic N) is 2. The quantitative estimate of drug-likeness (QED) is 0.814. The summed E-state index contributed by atoms with van der Waals surface area (Å²) in [4.78, 5) is 4.36. The van der Waals surface area contributed by atoms with Gasteiger partial charge in [-0.1, -0.05) is 30.8 Å². The van der Waals surface area contributed by atoms with Crippen LogP contribution in [0.4, 0.5) is 0 Å². The van der Waals surface area contributed by atoms with Crippen LogP contribution in [0.3, 0.4) is 0 Å². The highest BCUT2D eigenvalue weighted by Crippen LogP contribution is 2.16. The zero-order chi connectivity index (χ0) is 12.8. The number of aromatic amines is 1. The van der Waals surface area contributed by atoms with Crippen LogP contribution in [0, 0.1) is 0 Å². The van der Waals surface area contributed by atoms with Crippen molar-refractivity contribution in [3.63, 3.8) is 0 Å². The Morgan fingerprint density at radius 2 is 2.06 bits per heavy atom. The Balaban J connectivity index is 1.80. The molecule has 0 spiro atoms. The first-order valence-electron chi connectivity index (χ1n) is 5.99. The summed E-state index contributed by atoms with van der Waals surface area (Å²) < 4.78 is 5.13. The van der Waals surface area contributed by atoms with Crippen LogP contribution >= 0.6 is 11.8 Å². The smallest absolute Gasteiger partial charge is 0.208 e. The number of hydrogen-bond acceptors (Lipinski definition) is 4. The van der Waals surface area contributed by atoms with Crippen LogP contribution in [0.1, 0.15) is 18.3 Å². The van der Waals surface area contributed by atoms with E-state index in [4.69, 9.17) is 4.74 Å². The van der Waals surface area contributed by atoms with Crippen molar-refractivity contribution >= 4 is 11.8 Å². The fourth-order valence-corrected chi connectivity index (χ4v) is 2.36. The summed E-state index contributed by atoms with van der Waals surface area (Å²) in [5, 5.41) is 7.91. The van der Waals surface area contributed by atoms with E-state index in [0.29, 0.717) is 0 Å². The fourth-order valence-electron chi connectivity index (χ4n) is 1.55. The van der Waals surface area contributed by atoms with Crippen LogP contribution in [0.25, 0.3) is 0 Å². The molecular formula is C13H17N3OS. The lowest BCUT2D eigenvalue weighted by atomic mass is 10.2. The van der Waals surface area contributed by atoms with Crippen LogP contribution in [0.2, 0.25) is 0 Å². The molecule has 0 fully saturated rings. The van der Waals surface area contributed by atoms with E-state index in [-0.39, 0.29) is 0 Å². The molecule has 1 N–H and O–H groups in total. The first-order valence-corrected chi connectivity index (χ1v) is 6.97. The van der Waals surface area contributed by atoms with E-state index in [1.54, 1.807) is 18.9 Å². The number of aryl methyl sites for hydroxylation is 2. The van der Waals surface area contributed by atoms with Crippen LogP contribution in [0.5, 0.6) is 5.75 Å². The molecule has 2 aromatic rings. The van der Waals surface area contributed by atoms with Gasteiger partial charge in [0, 0.05) is 12.2 Å². The van der Waals surface area contributed by atoms with Crippen LogP contribution in [-0.4, -0.2) is 28.0 Å². The second-order valence-electron chi connectivity index (χ2n) is 3.86. The number of hydrogen-bond donors (Lipinski definition) is 1. The first-order chi connectivity index (χ1) is 8.81. The van der Waals surface area contributed by atoms with Crippen molar-refractivity contribution in [2.24, 2.45) is 0 Å². The number of ether oxygens (including phenoxy) is 1. The molecule has 0 radical (unpaired) electrons. The van der Waals surface area contributed by atoms with Crippen LogP contribution in [-0.2, 0) is 12.8 Å². The maximum absolute atomic E-state index is 5.13. The molecule has 1 aromatic heterocycles. The monoisotopic (exact) mass is 263 g/mol. The third-order valence-electron chi connectivity index (χ3n) is 2.63. The Kier molecular flexibility index (Phi) is 4.64. The standard InChI is InChI=1S/C13H17N3OS/c1-3-12-14-13(16-15-12)18-9-8-10-4-6-11(17-2)7-5-10/h4-7H,3,8-9H2,1-2H3,(H,14,15,16). The number of benzene rings is 1. The molecule has 1 aromatic carbocycles. The van der Waals surface area contributed by atoms with E-state index in [2.05, 4.69) is 34.2 Å². The van der Waals surface area contributed by atoms with Crippen molar-refractivity contribution in [3.05, 3.63) is 35.7 Å². The maximum atomic E-state index is 5.13. The van der Waals surface area contributed by atoms with Gasteiger partial charge in [0.25, 0.3) is 0 Å². The predicted molar refractivity (Wildman–Crippen MR) is 73.2 cm³/mol. The Morgan fingerprint density at radius 3 is 2.67 bits per heavy atom. The Labute approximate surface area is 111 Å². The second-order valence-corrected chi connectivity index (χ2v) is 4.93. The summed E-state index contributed by atoms with van der Waals surface area (Å²) in [6.45, 7) is 2.06. The third-order valence-corrected chi connectivity index (χ3v) is 3.48. The van der Waals surface area contributed by atoms with Crippen molar-refractivity contribution in [1.29, 1.82) is 0 Å². The van der Waals surface area contributed by atoms with E-state index in [1.807, 2.05) is 12.1 Å². The van der Waals surface area contributed by atoms with Crippen molar-refractivity contribution in [1.82, 2.24) is 15.2 Å². The molecule has 18 heavy (non-hydrogen) atoms. The molecule has 5 heteroatoms. The number of nitrogens with one attached hydrogen (secondary N) is 1. The average molecular weight is 263 g/mol. The summed E-state index contributed by atoms with van der Waals surface area (Å²) in [7, 11) is 1.68. The highest BCUT2D eigenvalue weighted by atomic mass is 32.2. The van der Waals surface area contributed by atoms with Gasteiger partial charge in [-0.15, -0.1) is 5.10 Å². The van der Waals surface area contributed by atoms with Gasteiger partial charge in [0.05, 0.1) is 7.11 Å². The van der Waals surface area contributed by atoms with Gasteiger partial charge in [0.1, 0.15) is 11.6 Å². The van der Waals surface area contributed by atoms with Crippen LogP contribution in [0.15, 0.2) is 29.4 Å². The van der Waals surface area contributed by atoms with Gasteiger partial charge in [-0.2, -0.15) is 0 Å². The molecule has 0 atom stereocenters. The molecule has 0 bridgehead atoms. The Morgan fingerprint density at radius 1 is 1.28 bits per heavy atom. The molecule has 0 saturated heterocycles. The van der Waals surface area contributed by atoms with E-state index >= 15 is 0 Å². The van der Waals surface area contributed by atoms with Gasteiger partial charge >= 0.3 is 0 Å². The number of methoxy groups -OCH3 is 1. The summed E-state index contributed by atoms with van der Waals surface area (Å²) in [6.07, 6.45) is 1.90. The summed E-state index contributed by atoms with van der Waals surface area (Å²) in [6, 6.07) is 8.16. The topological polar surface area (TPSA) is 50.8 Å². The summed E-state index contributed by atoms with van der Waals surface area (Å²) in [5.74, 6) is 2.82. The van der Waals surface area contributed by atoms with E-state index in [9.17, 15) is 0 Å². The molecule has 2 rings (SSSR count). The molecule has 0 aliphatic heterocycles. The van der Waals surface area contributed by atoms with Crippen molar-refractivity contribution in [2.75, 3.05) is 12.9 Å². The fraction of sp³-hybridized carbons (Fsp3) is 0.385. The molecule has 0 unspecified atom stereocenters. The summed E-state index contributed by atoms with van der Waals surface area (Å²) >= 11 is 1.68. The molecule has 4 nitrogen and oxygen atoms in total. The number of aromatic nitrogens is 3. The zero-order valence-corrected chi connectivity index (χ0v) is 11.5. The summed E-state index contributed by atoms with van der Waals surface area (Å²) in [5.41, 5.74) is 1.30.